The lowest BCUT2D eigenvalue weighted by Gasteiger charge is -2.27. The van der Waals surface area contributed by atoms with Crippen LogP contribution in [-0.4, -0.2) is 23.5 Å². The summed E-state index contributed by atoms with van der Waals surface area (Å²) in [7, 11) is 2.05. The van der Waals surface area contributed by atoms with Crippen LogP contribution in [0.2, 0.25) is 5.02 Å². The zero-order chi connectivity index (χ0) is 13.8. The molecule has 1 atom stereocenters. The third kappa shape index (κ3) is 3.54. The van der Waals surface area contributed by atoms with Gasteiger partial charge in [-0.1, -0.05) is 29.8 Å². The molecule has 2 aromatic rings. The quantitative estimate of drug-likeness (QED) is 0.921. The van der Waals surface area contributed by atoms with Crippen molar-refractivity contribution < 1.29 is 0 Å². The van der Waals surface area contributed by atoms with Crippen LogP contribution in [0, 0.1) is 6.92 Å². The van der Waals surface area contributed by atoms with Crippen LogP contribution in [0.5, 0.6) is 0 Å². The minimum Gasteiger partial charge on any atom is -0.329 e. The molecule has 0 radical (unpaired) electrons. The molecule has 0 saturated heterocycles. The molecular formula is C14H18ClN3S. The van der Waals surface area contributed by atoms with Crippen molar-refractivity contribution in [1.29, 1.82) is 0 Å². The number of benzene rings is 1. The molecule has 3 nitrogen and oxygen atoms in total. The number of rotatable bonds is 5. The molecule has 0 fully saturated rings. The van der Waals surface area contributed by atoms with E-state index < -0.39 is 0 Å². The number of hydrogen-bond donors (Lipinski definition) is 1. The number of nitrogens with two attached hydrogens (primary N) is 1. The van der Waals surface area contributed by atoms with Crippen LogP contribution in [0.3, 0.4) is 0 Å². The number of likely N-dealkylation sites (N-methyl/N-ethyl adjacent to an activating group) is 1. The van der Waals surface area contributed by atoms with Gasteiger partial charge < -0.3 is 5.73 Å². The summed E-state index contributed by atoms with van der Waals surface area (Å²) < 4.78 is 0. The summed E-state index contributed by atoms with van der Waals surface area (Å²) in [6.07, 6.45) is 0. The van der Waals surface area contributed by atoms with Crippen molar-refractivity contribution in [3.05, 3.63) is 50.9 Å². The molecule has 0 bridgehead atoms. The lowest BCUT2D eigenvalue weighted by Crippen LogP contribution is -2.30. The molecule has 0 aliphatic heterocycles. The fourth-order valence-corrected chi connectivity index (χ4v) is 3.00. The molecule has 102 valence electrons. The van der Waals surface area contributed by atoms with Gasteiger partial charge in [-0.25, -0.2) is 4.98 Å². The monoisotopic (exact) mass is 295 g/mol. The number of aryl methyl sites for hydroxylation is 1. The predicted molar refractivity (Wildman–Crippen MR) is 81.6 cm³/mol. The van der Waals surface area contributed by atoms with Crippen LogP contribution >= 0.6 is 22.9 Å². The minimum absolute atomic E-state index is 0.107. The maximum absolute atomic E-state index is 6.25. The molecule has 1 aromatic heterocycles. The lowest BCUT2D eigenvalue weighted by molar-refractivity contribution is 0.239. The molecule has 2 rings (SSSR count). The summed E-state index contributed by atoms with van der Waals surface area (Å²) in [4.78, 5) is 6.68. The Morgan fingerprint density at radius 2 is 2.16 bits per heavy atom. The Morgan fingerprint density at radius 1 is 1.42 bits per heavy atom. The SMILES string of the molecule is Cc1nc(CN(C)C(CN)c2ccccc2Cl)cs1. The number of aromatic nitrogens is 1. The summed E-state index contributed by atoms with van der Waals surface area (Å²) in [5.74, 6) is 0. The van der Waals surface area contributed by atoms with Crippen molar-refractivity contribution in [2.24, 2.45) is 5.73 Å². The minimum atomic E-state index is 0.107. The first-order valence-corrected chi connectivity index (χ1v) is 7.43. The molecule has 0 amide bonds. The molecule has 0 spiro atoms. The summed E-state index contributed by atoms with van der Waals surface area (Å²) in [6.45, 7) is 3.32. The highest BCUT2D eigenvalue weighted by Crippen LogP contribution is 2.27. The molecular weight excluding hydrogens is 278 g/mol. The fraction of sp³-hybridized carbons (Fsp3) is 0.357. The Kier molecular flexibility index (Phi) is 4.93. The van der Waals surface area contributed by atoms with E-state index >= 15 is 0 Å². The van der Waals surface area contributed by atoms with Gasteiger partial charge in [0, 0.05) is 29.5 Å². The van der Waals surface area contributed by atoms with Gasteiger partial charge in [-0.2, -0.15) is 0 Å². The van der Waals surface area contributed by atoms with Crippen LogP contribution in [0.15, 0.2) is 29.6 Å². The lowest BCUT2D eigenvalue weighted by atomic mass is 10.1. The topological polar surface area (TPSA) is 42.2 Å². The largest absolute Gasteiger partial charge is 0.329 e. The van der Waals surface area contributed by atoms with Crippen molar-refractivity contribution in [3.63, 3.8) is 0 Å². The Balaban J connectivity index is 2.15. The average Bonchev–Trinajstić information content (AvgIpc) is 2.78. The van der Waals surface area contributed by atoms with Crippen molar-refractivity contribution in [1.82, 2.24) is 9.88 Å². The number of nitrogens with zero attached hydrogens (tertiary/aromatic N) is 2. The van der Waals surface area contributed by atoms with Crippen LogP contribution in [0.4, 0.5) is 0 Å². The van der Waals surface area contributed by atoms with Crippen molar-refractivity contribution in [2.45, 2.75) is 19.5 Å². The second-order valence-electron chi connectivity index (χ2n) is 4.55. The third-order valence-electron chi connectivity index (χ3n) is 3.10. The summed E-state index contributed by atoms with van der Waals surface area (Å²) in [5.41, 5.74) is 8.06. The van der Waals surface area contributed by atoms with Gasteiger partial charge in [-0.3, -0.25) is 4.90 Å². The molecule has 5 heteroatoms. The van der Waals surface area contributed by atoms with Crippen LogP contribution in [0.25, 0.3) is 0 Å². The number of halogens is 1. The molecule has 2 N–H and O–H groups in total. The molecule has 1 heterocycles. The smallest absolute Gasteiger partial charge is 0.0897 e. The standard InChI is InChI=1S/C14H18ClN3S/c1-10-17-11(9-19-10)8-18(2)14(7-16)12-5-3-4-6-13(12)15/h3-6,9,14H,7-8,16H2,1-2H3. The third-order valence-corrected chi connectivity index (χ3v) is 4.26. The highest BCUT2D eigenvalue weighted by molar-refractivity contribution is 7.09. The van der Waals surface area contributed by atoms with Crippen molar-refractivity contribution >= 4 is 22.9 Å². The van der Waals surface area contributed by atoms with Gasteiger partial charge in [-0.15, -0.1) is 11.3 Å². The van der Waals surface area contributed by atoms with E-state index in [1.54, 1.807) is 11.3 Å². The molecule has 1 aromatic carbocycles. The van der Waals surface area contributed by atoms with Crippen molar-refractivity contribution in [3.8, 4) is 0 Å². The van der Waals surface area contributed by atoms with E-state index in [-0.39, 0.29) is 6.04 Å². The van der Waals surface area contributed by atoms with Gasteiger partial charge in [0.25, 0.3) is 0 Å². The maximum Gasteiger partial charge on any atom is 0.0897 e. The van der Waals surface area contributed by atoms with Gasteiger partial charge in [0.2, 0.25) is 0 Å². The van der Waals surface area contributed by atoms with Gasteiger partial charge in [-0.05, 0) is 25.6 Å². The van der Waals surface area contributed by atoms with Crippen LogP contribution < -0.4 is 5.73 Å². The van der Waals surface area contributed by atoms with Crippen molar-refractivity contribution in [2.75, 3.05) is 13.6 Å². The number of thiazole rings is 1. The first-order valence-electron chi connectivity index (χ1n) is 6.17. The van der Waals surface area contributed by atoms with E-state index in [0.29, 0.717) is 6.54 Å². The van der Waals surface area contributed by atoms with Gasteiger partial charge in [0.15, 0.2) is 0 Å². The Bertz CT molecular complexity index is 541. The number of hydrogen-bond acceptors (Lipinski definition) is 4. The second kappa shape index (κ2) is 6.48. The molecule has 0 aliphatic carbocycles. The normalized spacial score (nSPS) is 12.9. The highest BCUT2D eigenvalue weighted by Gasteiger charge is 2.18. The highest BCUT2D eigenvalue weighted by atomic mass is 35.5. The Labute approximate surface area is 123 Å². The molecule has 19 heavy (non-hydrogen) atoms. The molecule has 0 saturated carbocycles. The molecule has 1 unspecified atom stereocenters. The Hall–Kier alpha value is -0.940. The molecule has 0 aliphatic rings. The van der Waals surface area contributed by atoms with E-state index in [1.165, 1.54) is 0 Å². The summed E-state index contributed by atoms with van der Waals surface area (Å²) in [6, 6.07) is 7.97. The Morgan fingerprint density at radius 3 is 2.74 bits per heavy atom. The van der Waals surface area contributed by atoms with E-state index in [4.69, 9.17) is 17.3 Å². The van der Waals surface area contributed by atoms with Gasteiger partial charge in [0.05, 0.1) is 10.7 Å². The van der Waals surface area contributed by atoms with E-state index in [1.807, 2.05) is 31.2 Å². The first kappa shape index (κ1) is 14.5. The van der Waals surface area contributed by atoms with E-state index in [2.05, 4.69) is 22.3 Å². The zero-order valence-corrected chi connectivity index (χ0v) is 12.7. The summed E-state index contributed by atoms with van der Waals surface area (Å²) in [5, 5.41) is 3.94. The average molecular weight is 296 g/mol. The van der Waals surface area contributed by atoms with E-state index in [0.717, 1.165) is 27.8 Å². The fourth-order valence-electron chi connectivity index (χ4n) is 2.14. The predicted octanol–water partition coefficient (Wildman–Crippen LogP) is 3.24. The first-order chi connectivity index (χ1) is 9.11. The van der Waals surface area contributed by atoms with Gasteiger partial charge in [0.1, 0.15) is 0 Å². The van der Waals surface area contributed by atoms with Crippen LogP contribution in [0.1, 0.15) is 22.3 Å². The van der Waals surface area contributed by atoms with E-state index in [9.17, 15) is 0 Å². The zero-order valence-electron chi connectivity index (χ0n) is 11.1. The summed E-state index contributed by atoms with van der Waals surface area (Å²) >= 11 is 7.92. The maximum atomic E-state index is 6.25. The van der Waals surface area contributed by atoms with Crippen LogP contribution in [-0.2, 0) is 6.54 Å². The second-order valence-corrected chi connectivity index (χ2v) is 6.02. The van der Waals surface area contributed by atoms with Gasteiger partial charge >= 0.3 is 0 Å².